The number of nitrogens with zero attached hydrogens (tertiary/aromatic N) is 2. The molecular formula is C15H18N3O2. The zero-order chi connectivity index (χ0) is 14.9. The van der Waals surface area contributed by atoms with Gasteiger partial charge in [0.25, 0.3) is 0 Å². The van der Waals surface area contributed by atoms with Gasteiger partial charge in [-0.2, -0.15) is 0 Å². The van der Waals surface area contributed by atoms with Crippen LogP contribution in [0.3, 0.4) is 0 Å². The molecule has 0 saturated carbocycles. The molecule has 0 aliphatic rings. The minimum Gasteiger partial charge on any atom is -0.444 e. The zero-order valence-electron chi connectivity index (χ0n) is 12.2. The van der Waals surface area contributed by atoms with Crippen LogP contribution in [0.5, 0.6) is 0 Å². The van der Waals surface area contributed by atoms with Crippen molar-refractivity contribution in [2.75, 3.05) is 0 Å². The average Bonchev–Trinajstić information content (AvgIpc) is 2.61. The van der Waals surface area contributed by atoms with E-state index < -0.39 is 11.7 Å². The van der Waals surface area contributed by atoms with Crippen molar-refractivity contribution in [2.45, 2.75) is 32.9 Å². The van der Waals surface area contributed by atoms with Crippen molar-refractivity contribution in [3.8, 4) is 0 Å². The van der Waals surface area contributed by atoms with Gasteiger partial charge in [-0.15, -0.1) is 0 Å². The maximum atomic E-state index is 11.6. The number of carbonyl (C=O) groups is 1. The van der Waals surface area contributed by atoms with Gasteiger partial charge in [-0.1, -0.05) is 6.07 Å². The SMILES string of the molecule is [C]c1ccc2c(c1)nc(CNC(=O)OC(C)(C)C)n2C. The van der Waals surface area contributed by atoms with E-state index in [0.717, 1.165) is 16.9 Å². The van der Waals surface area contributed by atoms with Crippen LogP contribution in [-0.2, 0) is 18.3 Å². The number of rotatable bonds is 2. The quantitative estimate of drug-likeness (QED) is 0.914. The highest BCUT2D eigenvalue weighted by Gasteiger charge is 2.16. The molecule has 0 aliphatic carbocycles. The molecule has 2 aromatic rings. The summed E-state index contributed by atoms with van der Waals surface area (Å²) in [4.78, 5) is 16.0. The van der Waals surface area contributed by atoms with Crippen molar-refractivity contribution in [3.63, 3.8) is 0 Å². The molecule has 1 N–H and O–H groups in total. The number of carbonyl (C=O) groups excluding carboxylic acids is 1. The van der Waals surface area contributed by atoms with Gasteiger partial charge in [-0.3, -0.25) is 0 Å². The highest BCUT2D eigenvalue weighted by atomic mass is 16.6. The molecule has 0 unspecified atom stereocenters. The summed E-state index contributed by atoms with van der Waals surface area (Å²) >= 11 is 0. The molecule has 1 amide bonds. The van der Waals surface area contributed by atoms with E-state index in [0.29, 0.717) is 5.56 Å². The van der Waals surface area contributed by atoms with Gasteiger partial charge in [0.15, 0.2) is 0 Å². The van der Waals surface area contributed by atoms with Crippen molar-refractivity contribution in [3.05, 3.63) is 36.5 Å². The Morgan fingerprint density at radius 1 is 1.45 bits per heavy atom. The maximum absolute atomic E-state index is 11.6. The number of nitrogens with one attached hydrogen (secondary N) is 1. The van der Waals surface area contributed by atoms with E-state index in [4.69, 9.17) is 11.7 Å². The van der Waals surface area contributed by atoms with E-state index >= 15 is 0 Å². The van der Waals surface area contributed by atoms with Crippen LogP contribution in [0.4, 0.5) is 4.79 Å². The van der Waals surface area contributed by atoms with Gasteiger partial charge < -0.3 is 14.6 Å². The highest BCUT2D eigenvalue weighted by Crippen LogP contribution is 2.16. The Kier molecular flexibility index (Phi) is 3.70. The fourth-order valence-corrected chi connectivity index (χ4v) is 1.87. The number of benzene rings is 1. The predicted molar refractivity (Wildman–Crippen MR) is 76.1 cm³/mol. The van der Waals surface area contributed by atoms with Crippen molar-refractivity contribution in [1.82, 2.24) is 14.9 Å². The Hall–Kier alpha value is -2.04. The first kappa shape index (κ1) is 14.4. The summed E-state index contributed by atoms with van der Waals surface area (Å²) in [6.45, 7) is 13.3. The predicted octanol–water partition coefficient (Wildman–Crippen LogP) is 2.53. The lowest BCUT2D eigenvalue weighted by atomic mass is 10.2. The first-order valence-corrected chi connectivity index (χ1v) is 6.40. The molecule has 2 rings (SSSR count). The highest BCUT2D eigenvalue weighted by molar-refractivity contribution is 5.77. The standard InChI is InChI=1S/C15H18N3O2/c1-10-6-7-12-11(8-10)17-13(18(12)5)9-16-14(19)20-15(2,3)4/h6-8H,9H2,2-5H3,(H,16,19). The third-order valence-corrected chi connectivity index (χ3v) is 2.76. The van der Waals surface area contributed by atoms with Gasteiger partial charge in [0.05, 0.1) is 17.6 Å². The molecule has 1 aromatic carbocycles. The summed E-state index contributed by atoms with van der Waals surface area (Å²) in [5, 5.41) is 2.68. The van der Waals surface area contributed by atoms with E-state index in [-0.39, 0.29) is 6.54 Å². The van der Waals surface area contributed by atoms with Crippen molar-refractivity contribution >= 4 is 17.1 Å². The summed E-state index contributed by atoms with van der Waals surface area (Å²) in [6, 6.07) is 5.27. The van der Waals surface area contributed by atoms with E-state index in [1.807, 2.05) is 38.5 Å². The Bertz CT molecular complexity index is 638. The lowest BCUT2D eigenvalue weighted by Gasteiger charge is -2.19. The molecule has 0 aliphatic heterocycles. The molecule has 1 aromatic heterocycles. The van der Waals surface area contributed by atoms with Gasteiger partial charge in [-0.25, -0.2) is 9.78 Å². The lowest BCUT2D eigenvalue weighted by molar-refractivity contribution is 0.0522. The zero-order valence-corrected chi connectivity index (χ0v) is 12.2. The van der Waals surface area contributed by atoms with Crippen LogP contribution in [0.2, 0.25) is 0 Å². The normalized spacial score (nSPS) is 11.7. The number of hydrogen-bond acceptors (Lipinski definition) is 3. The Morgan fingerprint density at radius 2 is 2.15 bits per heavy atom. The lowest BCUT2D eigenvalue weighted by Crippen LogP contribution is -2.32. The number of fused-ring (bicyclic) bond motifs is 1. The smallest absolute Gasteiger partial charge is 0.408 e. The second kappa shape index (κ2) is 5.15. The molecule has 1 heterocycles. The van der Waals surface area contributed by atoms with Gasteiger partial charge in [0.1, 0.15) is 11.4 Å². The van der Waals surface area contributed by atoms with E-state index in [1.54, 1.807) is 12.1 Å². The van der Waals surface area contributed by atoms with Crippen LogP contribution >= 0.6 is 0 Å². The molecule has 0 fully saturated rings. The molecule has 105 valence electrons. The number of alkyl carbamates (subject to hydrolysis) is 1. The first-order chi connectivity index (χ1) is 9.26. The minimum atomic E-state index is -0.517. The van der Waals surface area contributed by atoms with Crippen LogP contribution in [0.1, 0.15) is 32.2 Å². The van der Waals surface area contributed by atoms with E-state index in [2.05, 4.69) is 10.3 Å². The summed E-state index contributed by atoms with van der Waals surface area (Å²) < 4.78 is 7.07. The van der Waals surface area contributed by atoms with Crippen molar-refractivity contribution in [1.29, 1.82) is 0 Å². The summed E-state index contributed by atoms with van der Waals surface area (Å²) in [5.74, 6) is 0.719. The molecular weight excluding hydrogens is 254 g/mol. The van der Waals surface area contributed by atoms with Gasteiger partial charge >= 0.3 is 6.09 Å². The molecule has 0 bridgehead atoms. The first-order valence-electron chi connectivity index (χ1n) is 6.40. The van der Waals surface area contributed by atoms with Crippen LogP contribution in [0.25, 0.3) is 11.0 Å². The third kappa shape index (κ3) is 3.29. The van der Waals surface area contributed by atoms with Crippen LogP contribution in [0, 0.1) is 6.92 Å². The molecule has 3 radical (unpaired) electrons. The summed E-state index contributed by atoms with van der Waals surface area (Å²) in [5.41, 5.74) is 1.58. The van der Waals surface area contributed by atoms with Crippen molar-refractivity contribution in [2.24, 2.45) is 7.05 Å². The van der Waals surface area contributed by atoms with Crippen LogP contribution < -0.4 is 5.32 Å². The largest absolute Gasteiger partial charge is 0.444 e. The summed E-state index contributed by atoms with van der Waals surface area (Å²) in [6.07, 6.45) is -0.467. The summed E-state index contributed by atoms with van der Waals surface area (Å²) in [7, 11) is 1.88. The molecule has 0 saturated heterocycles. The third-order valence-electron chi connectivity index (χ3n) is 2.76. The Balaban J connectivity index is 2.10. The van der Waals surface area contributed by atoms with Gasteiger partial charge in [0, 0.05) is 14.0 Å². The van der Waals surface area contributed by atoms with Crippen LogP contribution in [-0.4, -0.2) is 21.2 Å². The van der Waals surface area contributed by atoms with Crippen molar-refractivity contribution < 1.29 is 9.53 Å². The molecule has 0 atom stereocenters. The average molecular weight is 272 g/mol. The topological polar surface area (TPSA) is 56.1 Å². The minimum absolute atomic E-state index is 0.285. The monoisotopic (exact) mass is 272 g/mol. The number of aryl methyl sites for hydroxylation is 1. The number of amides is 1. The second-order valence-electron chi connectivity index (χ2n) is 5.65. The number of ether oxygens (including phenoxy) is 1. The molecule has 5 heteroatoms. The number of imidazole rings is 1. The fourth-order valence-electron chi connectivity index (χ4n) is 1.87. The second-order valence-corrected chi connectivity index (χ2v) is 5.65. The molecule has 20 heavy (non-hydrogen) atoms. The van der Waals surface area contributed by atoms with Gasteiger partial charge in [-0.05, 0) is 38.5 Å². The number of hydrogen-bond donors (Lipinski definition) is 1. The Labute approximate surface area is 118 Å². The van der Waals surface area contributed by atoms with E-state index in [9.17, 15) is 4.79 Å². The molecule has 5 nitrogen and oxygen atoms in total. The molecule has 0 spiro atoms. The van der Waals surface area contributed by atoms with Crippen LogP contribution in [0.15, 0.2) is 18.2 Å². The maximum Gasteiger partial charge on any atom is 0.408 e. The fraction of sp³-hybridized carbons (Fsp3) is 0.400. The van der Waals surface area contributed by atoms with Gasteiger partial charge in [0.2, 0.25) is 0 Å². The number of aromatic nitrogens is 2. The Morgan fingerprint density at radius 3 is 2.80 bits per heavy atom. The van der Waals surface area contributed by atoms with E-state index in [1.165, 1.54) is 0 Å².